The highest BCUT2D eigenvalue weighted by Gasteiger charge is 2.31. The highest BCUT2D eigenvalue weighted by atomic mass is 35.5. The van der Waals surface area contributed by atoms with Gasteiger partial charge in [0.1, 0.15) is 0 Å². The molecule has 0 saturated carbocycles. The lowest BCUT2D eigenvalue weighted by Gasteiger charge is -2.34. The third kappa shape index (κ3) is 6.72. The van der Waals surface area contributed by atoms with Crippen LogP contribution in [0, 0.1) is 0 Å². The highest BCUT2D eigenvalue weighted by Crippen LogP contribution is 2.36. The lowest BCUT2D eigenvalue weighted by molar-refractivity contribution is 0.144. The molecule has 1 aliphatic carbocycles. The van der Waals surface area contributed by atoms with E-state index in [1.165, 1.54) is 11.1 Å². The van der Waals surface area contributed by atoms with Crippen LogP contribution < -0.4 is 5.32 Å². The number of amides is 1. The topological polar surface area (TPSA) is 72.5 Å². The maximum absolute atomic E-state index is 12.2. The molecule has 0 fully saturated rings. The largest absolute Gasteiger partial charge is 0.450 e. The Morgan fingerprint density at radius 2 is 1.94 bits per heavy atom. The Morgan fingerprint density at radius 1 is 1.12 bits per heavy atom. The molecule has 0 bridgehead atoms. The zero-order valence-electron chi connectivity index (χ0n) is 18.8. The Morgan fingerprint density at radius 3 is 2.66 bits per heavy atom. The van der Waals surface area contributed by atoms with Crippen molar-refractivity contribution in [2.24, 2.45) is 0 Å². The average molecular weight is 478 g/mol. The van der Waals surface area contributed by atoms with E-state index in [1.807, 2.05) is 37.3 Å². The predicted octanol–water partition coefficient (Wildman–Crippen LogP) is 5.09. The van der Waals surface area contributed by atoms with Crippen LogP contribution in [0.4, 0.5) is 4.79 Å². The Hall–Kier alpha value is -2.05. The fraction of sp³-hybridized carbons (Fsp3) is 0.480. The molecule has 0 radical (unpaired) electrons. The summed E-state index contributed by atoms with van der Waals surface area (Å²) in [5.74, 6) is 0.429. The smallest absolute Gasteiger partial charge is 0.407 e. The van der Waals surface area contributed by atoms with Crippen LogP contribution in [0.15, 0.2) is 42.5 Å². The molecule has 0 heterocycles. The van der Waals surface area contributed by atoms with Crippen molar-refractivity contribution < 1.29 is 17.9 Å². The Kier molecular flexibility index (Phi) is 8.60. The average Bonchev–Trinajstić information content (AvgIpc) is 2.74. The first-order chi connectivity index (χ1) is 15.3. The van der Waals surface area contributed by atoms with Crippen LogP contribution in [0.1, 0.15) is 54.9 Å². The molecule has 1 amide bonds. The molecule has 0 aliphatic heterocycles. The van der Waals surface area contributed by atoms with E-state index in [0.717, 1.165) is 30.4 Å². The molecule has 0 aromatic heterocycles. The lowest BCUT2D eigenvalue weighted by atomic mass is 9.75. The third-order valence-electron chi connectivity index (χ3n) is 5.96. The minimum Gasteiger partial charge on any atom is -0.450 e. The molecule has 2 aromatic carbocycles. The van der Waals surface area contributed by atoms with E-state index in [-0.39, 0.29) is 23.5 Å². The van der Waals surface area contributed by atoms with Crippen LogP contribution >= 0.6 is 11.6 Å². The number of ether oxygens (including phenoxy) is 1. The van der Waals surface area contributed by atoms with Crippen LogP contribution in [-0.4, -0.2) is 38.7 Å². The summed E-state index contributed by atoms with van der Waals surface area (Å²) >= 11 is 6.21. The van der Waals surface area contributed by atoms with Gasteiger partial charge in [-0.15, -0.1) is 0 Å². The van der Waals surface area contributed by atoms with Crippen LogP contribution in [-0.2, 0) is 33.8 Å². The van der Waals surface area contributed by atoms with Crippen molar-refractivity contribution in [1.29, 1.82) is 0 Å². The van der Waals surface area contributed by atoms with Gasteiger partial charge in [0, 0.05) is 22.7 Å². The van der Waals surface area contributed by atoms with E-state index in [0.29, 0.717) is 24.5 Å². The van der Waals surface area contributed by atoms with Gasteiger partial charge in [-0.2, -0.15) is 0 Å². The van der Waals surface area contributed by atoms with Gasteiger partial charge < -0.3 is 10.1 Å². The van der Waals surface area contributed by atoms with E-state index >= 15 is 0 Å². The van der Waals surface area contributed by atoms with Gasteiger partial charge in [0.15, 0.2) is 9.84 Å². The minimum absolute atomic E-state index is 0.0498. The Labute approximate surface area is 196 Å². The first-order valence-corrected chi connectivity index (χ1v) is 13.5. The van der Waals surface area contributed by atoms with Gasteiger partial charge >= 0.3 is 6.09 Å². The molecule has 2 atom stereocenters. The summed E-state index contributed by atoms with van der Waals surface area (Å²) in [5, 5.41) is 3.73. The van der Waals surface area contributed by atoms with Gasteiger partial charge in [-0.3, -0.25) is 0 Å². The van der Waals surface area contributed by atoms with E-state index in [4.69, 9.17) is 16.3 Å². The summed E-state index contributed by atoms with van der Waals surface area (Å²) in [6.45, 7) is 4.00. The summed E-state index contributed by atoms with van der Waals surface area (Å²) in [6, 6.07) is 14.0. The highest BCUT2D eigenvalue weighted by molar-refractivity contribution is 7.91. The molecule has 0 saturated heterocycles. The summed E-state index contributed by atoms with van der Waals surface area (Å²) in [7, 11) is -3.04. The second kappa shape index (κ2) is 11.2. The molecule has 2 aromatic rings. The van der Waals surface area contributed by atoms with Crippen molar-refractivity contribution in [2.45, 2.75) is 57.9 Å². The first kappa shape index (κ1) is 24.6. The summed E-state index contributed by atoms with van der Waals surface area (Å²) < 4.78 is 29.5. The molecule has 174 valence electrons. The van der Waals surface area contributed by atoms with Gasteiger partial charge in [0.05, 0.1) is 12.4 Å². The van der Waals surface area contributed by atoms with Crippen molar-refractivity contribution in [1.82, 2.24) is 5.32 Å². The number of hydrogen-bond donors (Lipinski definition) is 1. The number of carbonyl (C=O) groups is 1. The number of halogens is 1. The van der Waals surface area contributed by atoms with Gasteiger partial charge in [-0.1, -0.05) is 48.9 Å². The number of fused-ring (bicyclic) bond motifs is 1. The van der Waals surface area contributed by atoms with E-state index in [2.05, 4.69) is 17.4 Å². The lowest BCUT2D eigenvalue weighted by Crippen LogP contribution is -2.43. The van der Waals surface area contributed by atoms with Crippen LogP contribution in [0.25, 0.3) is 0 Å². The predicted molar refractivity (Wildman–Crippen MR) is 129 cm³/mol. The van der Waals surface area contributed by atoms with Crippen molar-refractivity contribution in [3.8, 4) is 0 Å². The van der Waals surface area contributed by atoms with Crippen molar-refractivity contribution in [3.63, 3.8) is 0 Å². The Balaban J connectivity index is 1.89. The minimum atomic E-state index is -3.04. The van der Waals surface area contributed by atoms with Gasteiger partial charge in [-0.05, 0) is 73.4 Å². The maximum Gasteiger partial charge on any atom is 0.407 e. The number of rotatable bonds is 9. The van der Waals surface area contributed by atoms with Gasteiger partial charge in [0.2, 0.25) is 0 Å². The molecule has 7 heteroatoms. The van der Waals surface area contributed by atoms with E-state index in [1.54, 1.807) is 6.92 Å². The van der Waals surface area contributed by atoms with Crippen LogP contribution in [0.5, 0.6) is 0 Å². The number of carbonyl (C=O) groups excluding carboxylic acids is 1. The maximum atomic E-state index is 12.2. The normalized spacial score (nSPS) is 18.1. The summed E-state index contributed by atoms with van der Waals surface area (Å²) in [6.07, 6.45) is 3.13. The van der Waals surface area contributed by atoms with Gasteiger partial charge in [-0.25, -0.2) is 13.2 Å². The molecule has 0 spiro atoms. The summed E-state index contributed by atoms with van der Waals surface area (Å²) in [4.78, 5) is 12.2. The Bertz CT molecular complexity index is 1040. The van der Waals surface area contributed by atoms with Crippen molar-refractivity contribution in [3.05, 3.63) is 69.7 Å². The van der Waals surface area contributed by atoms with Crippen LogP contribution in [0.3, 0.4) is 0 Å². The SMILES string of the molecule is CCCS(=O)(=O)CCc1ccc2c(c1)C(Cc1cccc(Cl)c1)C(NC(=O)OCC)CC2. The molecule has 32 heavy (non-hydrogen) atoms. The number of alkyl carbamates (subject to hydrolysis) is 1. The molecule has 2 unspecified atom stereocenters. The number of hydrogen-bond acceptors (Lipinski definition) is 4. The third-order valence-corrected chi connectivity index (χ3v) is 8.05. The fourth-order valence-electron chi connectivity index (χ4n) is 4.46. The second-order valence-corrected chi connectivity index (χ2v) is 11.1. The number of aryl methyl sites for hydroxylation is 2. The number of benzene rings is 2. The van der Waals surface area contributed by atoms with Crippen LogP contribution in [0.2, 0.25) is 5.02 Å². The molecular weight excluding hydrogens is 446 g/mol. The van der Waals surface area contributed by atoms with Crippen molar-refractivity contribution >= 4 is 27.5 Å². The first-order valence-electron chi connectivity index (χ1n) is 11.3. The fourth-order valence-corrected chi connectivity index (χ4v) is 6.04. The monoisotopic (exact) mass is 477 g/mol. The van der Waals surface area contributed by atoms with E-state index < -0.39 is 15.9 Å². The molecule has 1 aliphatic rings. The van der Waals surface area contributed by atoms with E-state index in [9.17, 15) is 13.2 Å². The van der Waals surface area contributed by atoms with Crippen molar-refractivity contribution in [2.75, 3.05) is 18.1 Å². The molecule has 3 rings (SSSR count). The second-order valence-electron chi connectivity index (χ2n) is 8.39. The molecular formula is C25H32ClNO4S. The number of nitrogens with one attached hydrogen (secondary N) is 1. The zero-order chi connectivity index (χ0) is 23.1. The number of sulfone groups is 1. The zero-order valence-corrected chi connectivity index (χ0v) is 20.3. The quantitative estimate of drug-likeness (QED) is 0.545. The summed E-state index contributed by atoms with van der Waals surface area (Å²) in [5.41, 5.74) is 4.53. The molecule has 5 nitrogen and oxygen atoms in total. The van der Waals surface area contributed by atoms with Gasteiger partial charge in [0.25, 0.3) is 0 Å². The molecule has 1 N–H and O–H groups in total. The standard InChI is InChI=1S/C25H32ClNO4S/c1-3-13-32(29,30)14-12-18-8-9-20-10-11-24(27-25(28)31-4-2)23(22(20)16-18)17-19-6-5-7-21(26)15-19/h5-9,15-16,23-24H,3-4,10-14,17H2,1-2H3,(H,27,28).